The van der Waals surface area contributed by atoms with Crippen LogP contribution in [-0.4, -0.2) is 17.9 Å². The molecule has 0 radical (unpaired) electrons. The van der Waals surface area contributed by atoms with Gasteiger partial charge in [-0.25, -0.2) is 0 Å². The minimum atomic E-state index is -0.376. The molecule has 0 bridgehead atoms. The molecule has 1 aromatic rings. The highest BCUT2D eigenvalue weighted by Gasteiger charge is 2.26. The van der Waals surface area contributed by atoms with E-state index in [1.807, 2.05) is 0 Å². The van der Waals surface area contributed by atoms with Crippen LogP contribution < -0.4 is 16.8 Å². The third-order valence-electron chi connectivity index (χ3n) is 4.11. The molecule has 0 aromatic heterocycles. The Kier molecular flexibility index (Phi) is 5.20. The van der Waals surface area contributed by atoms with Crippen molar-refractivity contribution >= 4 is 17.5 Å². The zero-order valence-corrected chi connectivity index (χ0v) is 12.2. The number of anilines is 1. The van der Waals surface area contributed by atoms with Gasteiger partial charge < -0.3 is 16.8 Å². The Hall–Kier alpha value is -2.04. The van der Waals surface area contributed by atoms with Crippen LogP contribution in [0.3, 0.4) is 0 Å². The van der Waals surface area contributed by atoms with Crippen LogP contribution >= 0.6 is 0 Å². The maximum Gasteiger partial charge on any atom is 0.251 e. The number of hydrogen-bond acceptors (Lipinski definition) is 3. The molecule has 5 nitrogen and oxygen atoms in total. The van der Waals surface area contributed by atoms with E-state index in [4.69, 9.17) is 11.5 Å². The van der Waals surface area contributed by atoms with E-state index >= 15 is 0 Å². The minimum absolute atomic E-state index is 0.184. The minimum Gasteiger partial charge on any atom is -0.399 e. The summed E-state index contributed by atoms with van der Waals surface area (Å²) in [6.45, 7) is 0. The van der Waals surface area contributed by atoms with Crippen LogP contribution in [0.5, 0.6) is 0 Å². The number of nitrogens with one attached hydrogen (secondary N) is 1. The Labute approximate surface area is 125 Å². The SMILES string of the molecule is NC(=O)CC(NC(=O)c1cccc(N)c1)C1CCCCC1. The molecule has 2 rings (SSSR count). The molecule has 114 valence electrons. The van der Waals surface area contributed by atoms with Crippen molar-refractivity contribution in [2.45, 2.75) is 44.6 Å². The molecule has 5 heteroatoms. The van der Waals surface area contributed by atoms with Gasteiger partial charge in [-0.3, -0.25) is 9.59 Å². The summed E-state index contributed by atoms with van der Waals surface area (Å²) in [6.07, 6.45) is 5.79. The molecule has 21 heavy (non-hydrogen) atoms. The van der Waals surface area contributed by atoms with E-state index in [2.05, 4.69) is 5.32 Å². The number of nitrogen functional groups attached to an aromatic ring is 1. The fraction of sp³-hybridized carbons (Fsp3) is 0.500. The second-order valence-corrected chi connectivity index (χ2v) is 5.77. The average molecular weight is 289 g/mol. The van der Waals surface area contributed by atoms with Gasteiger partial charge in [0.25, 0.3) is 5.91 Å². The van der Waals surface area contributed by atoms with E-state index in [1.165, 1.54) is 6.42 Å². The zero-order valence-electron chi connectivity index (χ0n) is 12.2. The molecule has 1 aliphatic carbocycles. The second kappa shape index (κ2) is 7.11. The maximum atomic E-state index is 12.3. The number of carbonyl (C=O) groups is 2. The third-order valence-corrected chi connectivity index (χ3v) is 4.11. The van der Waals surface area contributed by atoms with Gasteiger partial charge in [0.05, 0.1) is 0 Å². The molecule has 0 heterocycles. The van der Waals surface area contributed by atoms with Gasteiger partial charge in [0, 0.05) is 23.7 Å². The molecule has 1 saturated carbocycles. The van der Waals surface area contributed by atoms with Crippen LogP contribution in [-0.2, 0) is 4.79 Å². The predicted molar refractivity (Wildman–Crippen MR) is 82.5 cm³/mol. The first-order valence-corrected chi connectivity index (χ1v) is 7.51. The second-order valence-electron chi connectivity index (χ2n) is 5.77. The van der Waals surface area contributed by atoms with Gasteiger partial charge in [0.15, 0.2) is 0 Å². The molecule has 1 unspecified atom stereocenters. The Bertz CT molecular complexity index is 510. The van der Waals surface area contributed by atoms with Crippen molar-refractivity contribution in [1.29, 1.82) is 0 Å². The lowest BCUT2D eigenvalue weighted by Gasteiger charge is -2.30. The van der Waals surface area contributed by atoms with Gasteiger partial charge in [-0.15, -0.1) is 0 Å². The number of hydrogen-bond donors (Lipinski definition) is 3. The molecule has 0 spiro atoms. The van der Waals surface area contributed by atoms with Crippen LogP contribution in [0.1, 0.15) is 48.9 Å². The Morgan fingerprint density at radius 1 is 1.24 bits per heavy atom. The monoisotopic (exact) mass is 289 g/mol. The first kappa shape index (κ1) is 15.4. The predicted octanol–water partition coefficient (Wildman–Crippen LogP) is 1.82. The summed E-state index contributed by atoms with van der Waals surface area (Å²) >= 11 is 0. The van der Waals surface area contributed by atoms with Crippen molar-refractivity contribution in [2.75, 3.05) is 5.73 Å². The average Bonchev–Trinajstić information content (AvgIpc) is 2.47. The van der Waals surface area contributed by atoms with Crippen LogP contribution in [0.4, 0.5) is 5.69 Å². The normalized spacial score (nSPS) is 17.1. The van der Waals surface area contributed by atoms with Crippen LogP contribution in [0.15, 0.2) is 24.3 Å². The van der Waals surface area contributed by atoms with Crippen LogP contribution in [0, 0.1) is 5.92 Å². The van der Waals surface area contributed by atoms with Crippen LogP contribution in [0.2, 0.25) is 0 Å². The van der Waals surface area contributed by atoms with Gasteiger partial charge in [0.2, 0.25) is 5.91 Å². The largest absolute Gasteiger partial charge is 0.399 e. The lowest BCUT2D eigenvalue weighted by Crippen LogP contribution is -2.43. The Balaban J connectivity index is 2.06. The fourth-order valence-corrected chi connectivity index (χ4v) is 3.02. The molecule has 2 amide bonds. The Morgan fingerprint density at radius 2 is 1.95 bits per heavy atom. The quantitative estimate of drug-likeness (QED) is 0.721. The number of carbonyl (C=O) groups excluding carboxylic acids is 2. The van der Waals surface area contributed by atoms with Crippen molar-refractivity contribution in [2.24, 2.45) is 11.7 Å². The molecular formula is C16H23N3O2. The lowest BCUT2D eigenvalue weighted by atomic mass is 9.82. The van der Waals surface area contributed by atoms with Crippen molar-refractivity contribution in [1.82, 2.24) is 5.32 Å². The lowest BCUT2D eigenvalue weighted by molar-refractivity contribution is -0.118. The van der Waals surface area contributed by atoms with E-state index in [0.29, 0.717) is 17.2 Å². The smallest absolute Gasteiger partial charge is 0.251 e. The van der Waals surface area contributed by atoms with Gasteiger partial charge in [0.1, 0.15) is 0 Å². The highest BCUT2D eigenvalue weighted by Crippen LogP contribution is 2.28. The summed E-state index contributed by atoms with van der Waals surface area (Å²) in [5, 5.41) is 2.97. The molecule has 1 aromatic carbocycles. The van der Waals surface area contributed by atoms with E-state index in [0.717, 1.165) is 25.7 Å². The number of primary amides is 1. The van der Waals surface area contributed by atoms with Gasteiger partial charge in [-0.05, 0) is 37.0 Å². The van der Waals surface area contributed by atoms with Crippen molar-refractivity contribution in [3.05, 3.63) is 29.8 Å². The maximum absolute atomic E-state index is 12.3. The van der Waals surface area contributed by atoms with E-state index in [1.54, 1.807) is 24.3 Å². The first-order chi connectivity index (χ1) is 10.1. The summed E-state index contributed by atoms with van der Waals surface area (Å²) in [7, 11) is 0. The van der Waals surface area contributed by atoms with Gasteiger partial charge in [-0.2, -0.15) is 0 Å². The third kappa shape index (κ3) is 4.48. The first-order valence-electron chi connectivity index (χ1n) is 7.51. The van der Waals surface area contributed by atoms with E-state index < -0.39 is 0 Å². The van der Waals surface area contributed by atoms with E-state index in [9.17, 15) is 9.59 Å². The molecule has 1 fully saturated rings. The summed E-state index contributed by atoms with van der Waals surface area (Å²) in [5.41, 5.74) is 12.1. The van der Waals surface area contributed by atoms with Crippen molar-refractivity contribution in [3.8, 4) is 0 Å². The number of nitrogens with two attached hydrogens (primary N) is 2. The summed E-state index contributed by atoms with van der Waals surface area (Å²) < 4.78 is 0. The molecule has 1 aliphatic rings. The topological polar surface area (TPSA) is 98.2 Å². The van der Waals surface area contributed by atoms with Crippen LogP contribution in [0.25, 0.3) is 0 Å². The summed E-state index contributed by atoms with van der Waals surface area (Å²) in [5.74, 6) is -0.242. The zero-order chi connectivity index (χ0) is 15.2. The number of rotatable bonds is 5. The number of amides is 2. The summed E-state index contributed by atoms with van der Waals surface area (Å²) in [6, 6.07) is 6.65. The fourth-order valence-electron chi connectivity index (χ4n) is 3.02. The highest BCUT2D eigenvalue weighted by molar-refractivity contribution is 5.95. The molecule has 0 aliphatic heterocycles. The Morgan fingerprint density at radius 3 is 2.57 bits per heavy atom. The van der Waals surface area contributed by atoms with Gasteiger partial charge >= 0.3 is 0 Å². The van der Waals surface area contributed by atoms with Crippen molar-refractivity contribution in [3.63, 3.8) is 0 Å². The van der Waals surface area contributed by atoms with Crippen molar-refractivity contribution < 1.29 is 9.59 Å². The standard InChI is InChI=1S/C16H23N3O2/c17-13-8-4-7-12(9-13)16(21)19-14(10-15(18)20)11-5-2-1-3-6-11/h4,7-9,11,14H,1-3,5-6,10,17H2,(H2,18,20)(H,19,21). The molecular weight excluding hydrogens is 266 g/mol. The number of benzene rings is 1. The highest BCUT2D eigenvalue weighted by atomic mass is 16.2. The van der Waals surface area contributed by atoms with Gasteiger partial charge in [-0.1, -0.05) is 25.3 Å². The summed E-state index contributed by atoms with van der Waals surface area (Å²) in [4.78, 5) is 23.6. The molecule has 5 N–H and O–H groups in total. The molecule has 1 atom stereocenters. The molecule has 0 saturated heterocycles. The van der Waals surface area contributed by atoms with E-state index in [-0.39, 0.29) is 24.3 Å².